The first-order chi connectivity index (χ1) is 26.6. The number of ether oxygens (including phenoxy) is 2. The summed E-state index contributed by atoms with van der Waals surface area (Å²) in [5.74, 6) is 3.37. The second-order valence-electron chi connectivity index (χ2n) is 13.5. The Morgan fingerprint density at radius 2 is 1.18 bits per heavy atom. The number of nitrogens with zero attached hydrogens (tertiary/aromatic N) is 3. The van der Waals surface area contributed by atoms with Crippen LogP contribution in [-0.2, 0) is 22.4 Å². The third kappa shape index (κ3) is 12.4. The summed E-state index contributed by atoms with van der Waals surface area (Å²) >= 11 is 11.8. The maximum Gasteiger partial charge on any atom is 0.240 e. The molecule has 0 amide bonds. The highest BCUT2D eigenvalue weighted by Gasteiger charge is 2.11. The molecule has 2 aromatic heterocycles. The maximum absolute atomic E-state index is 12.5. The number of pyridine rings is 2. The summed E-state index contributed by atoms with van der Waals surface area (Å²) in [5.41, 5.74) is 17.1. The Labute approximate surface area is 339 Å². The number of ketones is 1. The minimum atomic E-state index is 0.180. The summed E-state index contributed by atoms with van der Waals surface area (Å²) in [7, 11) is 0. The van der Waals surface area contributed by atoms with E-state index in [1.807, 2.05) is 122 Å². The first kappa shape index (κ1) is 42.9. The van der Waals surface area contributed by atoms with E-state index in [-0.39, 0.29) is 5.78 Å². The molecule has 6 rings (SSSR count). The van der Waals surface area contributed by atoms with Gasteiger partial charge in [-0.25, -0.2) is 4.79 Å². The summed E-state index contributed by atoms with van der Waals surface area (Å²) in [4.78, 5) is 34.3. The Morgan fingerprint density at radius 1 is 0.643 bits per heavy atom. The zero-order valence-corrected chi connectivity index (χ0v) is 34.5. The van der Waals surface area contributed by atoms with Crippen LogP contribution in [0.3, 0.4) is 0 Å². The lowest BCUT2D eigenvalue weighted by molar-refractivity contribution is -0.117. The molecule has 0 spiro atoms. The molecule has 8 nitrogen and oxygen atoms in total. The van der Waals surface area contributed by atoms with Crippen LogP contribution in [0.2, 0.25) is 10.0 Å². The minimum Gasteiger partial charge on any atom is -0.457 e. The van der Waals surface area contributed by atoms with Crippen LogP contribution in [-0.4, -0.2) is 21.8 Å². The van der Waals surface area contributed by atoms with E-state index >= 15 is 0 Å². The number of carbonyl (C=O) groups is 1. The number of Topliss-reactive ketones (excluding diaryl/α,β-unsaturated/α-hetero) is 1. The van der Waals surface area contributed by atoms with Crippen LogP contribution in [0.25, 0.3) is 0 Å². The van der Waals surface area contributed by atoms with Crippen molar-refractivity contribution >= 4 is 46.4 Å². The Balaban J connectivity index is 0.000000210. The number of nitrogen functional groups attached to an aromatic ring is 1. The molecule has 288 valence electrons. The highest BCUT2D eigenvalue weighted by atomic mass is 35.5. The number of carbonyl (C=O) groups excluding carboxylic acids is 2. The van der Waals surface area contributed by atoms with Crippen LogP contribution < -0.4 is 15.2 Å². The SMILES string of the molecule is Cc1cc(CC(=O)Cc2ccc(Oc3ccnc(C)c3C)cc2C)ccc1Cl.Cc1cc(N=C=O)ccc1Cl.Cc1cc(Oc2ccnc(C)c2C)ccc1N. The van der Waals surface area contributed by atoms with Gasteiger partial charge in [0.1, 0.15) is 28.8 Å². The van der Waals surface area contributed by atoms with Crippen molar-refractivity contribution in [1.29, 1.82) is 0 Å². The number of rotatable bonds is 9. The van der Waals surface area contributed by atoms with Gasteiger partial charge in [0.15, 0.2) is 0 Å². The minimum absolute atomic E-state index is 0.180. The van der Waals surface area contributed by atoms with Crippen molar-refractivity contribution in [3.05, 3.63) is 163 Å². The summed E-state index contributed by atoms with van der Waals surface area (Å²) in [6, 6.07) is 26.1. The molecule has 0 atom stereocenters. The first-order valence-corrected chi connectivity index (χ1v) is 18.7. The molecule has 10 heteroatoms. The average Bonchev–Trinajstić information content (AvgIpc) is 3.15. The lowest BCUT2D eigenvalue weighted by Crippen LogP contribution is -2.08. The number of hydrogen-bond donors (Lipinski definition) is 1. The lowest BCUT2D eigenvalue weighted by Gasteiger charge is -2.12. The van der Waals surface area contributed by atoms with Crippen LogP contribution >= 0.6 is 23.2 Å². The van der Waals surface area contributed by atoms with E-state index in [9.17, 15) is 9.59 Å². The zero-order chi connectivity index (χ0) is 40.9. The van der Waals surface area contributed by atoms with E-state index in [1.165, 1.54) is 6.08 Å². The van der Waals surface area contributed by atoms with Crippen LogP contribution in [0, 0.1) is 55.4 Å². The Kier molecular flexibility index (Phi) is 15.5. The van der Waals surface area contributed by atoms with Crippen molar-refractivity contribution in [2.45, 2.75) is 68.2 Å². The number of aromatic nitrogens is 2. The summed E-state index contributed by atoms with van der Waals surface area (Å²) in [6.07, 6.45) is 5.77. The van der Waals surface area contributed by atoms with Crippen LogP contribution in [0.4, 0.5) is 11.4 Å². The number of aliphatic imine (C=N–C) groups is 1. The number of aryl methyl sites for hydroxylation is 6. The van der Waals surface area contributed by atoms with Gasteiger partial charge >= 0.3 is 0 Å². The van der Waals surface area contributed by atoms with E-state index < -0.39 is 0 Å². The molecule has 0 aliphatic heterocycles. The number of isocyanates is 1. The topological polar surface area (TPSA) is 117 Å². The van der Waals surface area contributed by atoms with Crippen LogP contribution in [0.5, 0.6) is 23.0 Å². The van der Waals surface area contributed by atoms with Crippen molar-refractivity contribution < 1.29 is 19.1 Å². The number of halogens is 2. The molecule has 0 aliphatic rings. The molecular weight excluding hydrogens is 743 g/mol. The molecule has 56 heavy (non-hydrogen) atoms. The predicted octanol–water partition coefficient (Wildman–Crippen LogP) is 12.1. The first-order valence-electron chi connectivity index (χ1n) is 17.9. The normalized spacial score (nSPS) is 10.2. The fourth-order valence-corrected chi connectivity index (χ4v) is 5.66. The summed E-state index contributed by atoms with van der Waals surface area (Å²) < 4.78 is 11.8. The van der Waals surface area contributed by atoms with Gasteiger partial charge in [-0.05, 0) is 156 Å². The van der Waals surface area contributed by atoms with Gasteiger partial charge in [-0.15, -0.1) is 0 Å². The van der Waals surface area contributed by atoms with E-state index in [2.05, 4.69) is 15.0 Å². The Morgan fingerprint density at radius 3 is 1.70 bits per heavy atom. The number of nitrogens with two attached hydrogens (primary N) is 1. The molecule has 2 N–H and O–H groups in total. The molecule has 0 bridgehead atoms. The zero-order valence-electron chi connectivity index (χ0n) is 33.0. The van der Waals surface area contributed by atoms with E-state index in [1.54, 1.807) is 30.6 Å². The van der Waals surface area contributed by atoms with Crippen molar-refractivity contribution in [3.8, 4) is 23.0 Å². The smallest absolute Gasteiger partial charge is 0.240 e. The molecule has 0 fully saturated rings. The summed E-state index contributed by atoms with van der Waals surface area (Å²) in [5, 5.41) is 1.40. The third-order valence-electron chi connectivity index (χ3n) is 9.15. The Hall–Kier alpha value is -5.79. The Bertz CT molecular complexity index is 2390. The third-order valence-corrected chi connectivity index (χ3v) is 10.00. The number of hydrogen-bond acceptors (Lipinski definition) is 8. The molecule has 0 aliphatic carbocycles. The average molecular weight is 790 g/mol. The quantitative estimate of drug-likeness (QED) is 0.0880. The van der Waals surface area contributed by atoms with Gasteiger partial charge in [-0.3, -0.25) is 14.8 Å². The molecule has 0 saturated heterocycles. The van der Waals surface area contributed by atoms with Gasteiger partial charge < -0.3 is 15.2 Å². The second kappa shape index (κ2) is 20.2. The maximum atomic E-state index is 12.5. The van der Waals surface area contributed by atoms with Crippen molar-refractivity contribution in [1.82, 2.24) is 9.97 Å². The molecule has 2 heterocycles. The number of benzene rings is 4. The van der Waals surface area contributed by atoms with Crippen LogP contribution in [0.15, 0.2) is 102 Å². The summed E-state index contributed by atoms with van der Waals surface area (Å²) in [6.45, 7) is 15.7. The van der Waals surface area contributed by atoms with Gasteiger partial charge in [0.25, 0.3) is 0 Å². The van der Waals surface area contributed by atoms with Gasteiger partial charge in [-0.1, -0.05) is 41.4 Å². The van der Waals surface area contributed by atoms with E-state index in [4.69, 9.17) is 38.4 Å². The van der Waals surface area contributed by atoms with E-state index in [0.29, 0.717) is 23.6 Å². The number of anilines is 1. The fourth-order valence-electron chi connectivity index (χ4n) is 5.42. The molecule has 0 unspecified atom stereocenters. The largest absolute Gasteiger partial charge is 0.457 e. The molecule has 0 saturated carbocycles. The van der Waals surface area contributed by atoms with Gasteiger partial charge in [0, 0.05) is 63.5 Å². The van der Waals surface area contributed by atoms with Crippen molar-refractivity contribution in [3.63, 3.8) is 0 Å². The standard InChI is InChI=1S/C24H24ClNO2.C14H16N2O.C8H6ClNO/c1-15-12-22(28-24-9-10-26-18(4)17(24)3)7-6-20(15)14-21(27)13-19-5-8-23(25)16(2)11-19;1-9-8-12(4-5-13(9)15)17-14-6-7-16-11(3)10(14)2;1-6-4-7(10-5-11)2-3-8(6)9/h5-12H,13-14H2,1-4H3;4-8H,15H2,1-3H3;2-4H,1H3. The van der Waals surface area contributed by atoms with Crippen molar-refractivity contribution in [2.24, 2.45) is 4.99 Å². The fraction of sp³-hybridized carbons (Fsp3) is 0.217. The molecule has 6 aromatic rings. The monoisotopic (exact) mass is 788 g/mol. The second-order valence-corrected chi connectivity index (χ2v) is 14.3. The highest BCUT2D eigenvalue weighted by Crippen LogP contribution is 2.29. The van der Waals surface area contributed by atoms with Gasteiger partial charge in [0.2, 0.25) is 6.08 Å². The predicted molar refractivity (Wildman–Crippen MR) is 227 cm³/mol. The molecule has 0 radical (unpaired) electrons. The molecular formula is C46H46Cl2N4O4. The van der Waals surface area contributed by atoms with E-state index in [0.717, 1.165) is 89.6 Å². The van der Waals surface area contributed by atoms with Gasteiger partial charge in [0.05, 0.1) is 5.69 Å². The van der Waals surface area contributed by atoms with Crippen molar-refractivity contribution in [2.75, 3.05) is 5.73 Å². The molecule has 4 aromatic carbocycles. The van der Waals surface area contributed by atoms with Crippen LogP contribution in [0.1, 0.15) is 55.9 Å². The van der Waals surface area contributed by atoms with Gasteiger partial charge in [-0.2, -0.15) is 4.99 Å². The lowest BCUT2D eigenvalue weighted by atomic mass is 9.98. The highest BCUT2D eigenvalue weighted by molar-refractivity contribution is 6.31.